The van der Waals surface area contributed by atoms with E-state index in [1.807, 2.05) is 18.2 Å². The number of carbonyl (C=O) groups is 1. The second-order valence-corrected chi connectivity index (χ2v) is 7.61. The van der Waals surface area contributed by atoms with Crippen LogP contribution < -0.4 is 5.32 Å². The highest BCUT2D eigenvalue weighted by Crippen LogP contribution is 2.31. The van der Waals surface area contributed by atoms with Crippen molar-refractivity contribution in [3.05, 3.63) is 95.6 Å². The van der Waals surface area contributed by atoms with Gasteiger partial charge < -0.3 is 10.1 Å². The van der Waals surface area contributed by atoms with Gasteiger partial charge in [-0.15, -0.1) is 0 Å². The van der Waals surface area contributed by atoms with E-state index in [-0.39, 0.29) is 12.0 Å². The van der Waals surface area contributed by atoms with E-state index in [1.54, 1.807) is 24.3 Å². The van der Waals surface area contributed by atoms with Gasteiger partial charge in [-0.3, -0.25) is 0 Å². The average molecular weight is 425 g/mol. The van der Waals surface area contributed by atoms with Crippen molar-refractivity contribution >= 4 is 5.97 Å². The van der Waals surface area contributed by atoms with Crippen LogP contribution >= 0.6 is 0 Å². The third kappa shape index (κ3) is 4.97. The van der Waals surface area contributed by atoms with Crippen molar-refractivity contribution in [2.24, 2.45) is 0 Å². The molecule has 3 aromatic carbocycles. The fraction of sp³-hybridized carbons (Fsp3) is 0.240. The second-order valence-electron chi connectivity index (χ2n) is 7.61. The third-order valence-corrected chi connectivity index (χ3v) is 5.58. The minimum atomic E-state index is -4.36. The molecular weight excluding hydrogens is 403 g/mol. The molecule has 6 heteroatoms. The fourth-order valence-corrected chi connectivity index (χ4v) is 3.89. The highest BCUT2D eigenvalue weighted by molar-refractivity contribution is 5.90. The quantitative estimate of drug-likeness (QED) is 0.547. The number of hydrogen-bond acceptors (Lipinski definition) is 3. The molecule has 1 aliphatic rings. The zero-order valence-corrected chi connectivity index (χ0v) is 16.7. The Morgan fingerprint density at radius 2 is 1.48 bits per heavy atom. The Hall–Kier alpha value is -3.12. The second kappa shape index (κ2) is 8.94. The van der Waals surface area contributed by atoms with Gasteiger partial charge in [-0.05, 0) is 53.9 Å². The molecule has 3 aromatic rings. The van der Waals surface area contributed by atoms with Gasteiger partial charge in [0.05, 0.1) is 11.1 Å². The van der Waals surface area contributed by atoms with Crippen molar-refractivity contribution in [3.8, 4) is 11.1 Å². The van der Waals surface area contributed by atoms with Gasteiger partial charge in [-0.25, -0.2) is 4.79 Å². The summed E-state index contributed by atoms with van der Waals surface area (Å²) in [6.45, 7) is 1.46. The van der Waals surface area contributed by atoms with Crippen LogP contribution in [0.2, 0.25) is 0 Å². The van der Waals surface area contributed by atoms with Crippen molar-refractivity contribution in [3.63, 3.8) is 0 Å². The van der Waals surface area contributed by atoms with E-state index >= 15 is 0 Å². The monoisotopic (exact) mass is 425 g/mol. The minimum Gasteiger partial charge on any atom is -0.457 e. The van der Waals surface area contributed by atoms with Crippen LogP contribution in [0.15, 0.2) is 78.9 Å². The summed E-state index contributed by atoms with van der Waals surface area (Å²) in [5, 5.41) is 3.28. The van der Waals surface area contributed by atoms with Gasteiger partial charge in [0.15, 0.2) is 0 Å². The number of alkyl halides is 3. The summed E-state index contributed by atoms with van der Waals surface area (Å²) in [6.07, 6.45) is -3.75. The molecule has 0 unspecified atom stereocenters. The molecule has 3 nitrogen and oxygen atoms in total. The van der Waals surface area contributed by atoms with E-state index in [1.165, 1.54) is 12.1 Å². The number of nitrogens with one attached hydrogen (secondary N) is 1. The van der Waals surface area contributed by atoms with Gasteiger partial charge in [0, 0.05) is 12.5 Å². The lowest BCUT2D eigenvalue weighted by Crippen LogP contribution is -2.42. The van der Waals surface area contributed by atoms with Gasteiger partial charge in [0.1, 0.15) is 6.10 Å². The Balaban J connectivity index is 1.45. The topological polar surface area (TPSA) is 38.3 Å². The molecule has 4 rings (SSSR count). The summed E-state index contributed by atoms with van der Waals surface area (Å²) >= 11 is 0. The van der Waals surface area contributed by atoms with Gasteiger partial charge in [-0.2, -0.15) is 13.2 Å². The van der Waals surface area contributed by atoms with Crippen molar-refractivity contribution in [1.29, 1.82) is 0 Å². The van der Waals surface area contributed by atoms with Crippen LogP contribution in [0, 0.1) is 0 Å². The maximum absolute atomic E-state index is 12.7. The first-order valence-corrected chi connectivity index (χ1v) is 10.2. The van der Waals surface area contributed by atoms with E-state index in [4.69, 9.17) is 4.74 Å². The van der Waals surface area contributed by atoms with E-state index in [2.05, 4.69) is 17.4 Å². The highest BCUT2D eigenvalue weighted by Gasteiger charge is 2.31. The summed E-state index contributed by atoms with van der Waals surface area (Å²) in [6, 6.07) is 21.7. The first kappa shape index (κ1) is 21.1. The predicted octanol–water partition coefficient (Wildman–Crippen LogP) is 5.67. The molecule has 0 radical (unpaired) electrons. The average Bonchev–Trinajstić information content (AvgIpc) is 2.80. The number of halogens is 3. The molecule has 2 atom stereocenters. The zero-order chi connectivity index (χ0) is 21.8. The number of ether oxygens (including phenoxy) is 1. The normalized spacial score (nSPS) is 19.1. The molecule has 0 aromatic heterocycles. The van der Waals surface area contributed by atoms with Crippen LogP contribution in [0.4, 0.5) is 13.2 Å². The summed E-state index contributed by atoms with van der Waals surface area (Å²) in [5.41, 5.74) is 2.25. The van der Waals surface area contributed by atoms with E-state index < -0.39 is 17.7 Å². The van der Waals surface area contributed by atoms with Gasteiger partial charge in [-0.1, -0.05) is 54.6 Å². The van der Waals surface area contributed by atoms with Crippen molar-refractivity contribution in [2.75, 3.05) is 13.1 Å². The molecule has 0 bridgehead atoms. The SMILES string of the molecule is O=C(O[C@@H]1CNCC[C@H]1c1ccccc1)c1ccc(-c2ccc(C(F)(F)F)cc2)cc1. The molecule has 0 saturated carbocycles. The van der Waals surface area contributed by atoms with Crippen LogP contribution in [-0.2, 0) is 10.9 Å². The van der Waals surface area contributed by atoms with Crippen LogP contribution in [0.5, 0.6) is 0 Å². The number of rotatable bonds is 4. The lowest BCUT2D eigenvalue weighted by molar-refractivity contribution is -0.137. The van der Waals surface area contributed by atoms with Crippen molar-refractivity contribution in [1.82, 2.24) is 5.32 Å². The first-order chi connectivity index (χ1) is 14.9. The molecular formula is C25H22F3NO2. The van der Waals surface area contributed by atoms with Crippen LogP contribution in [-0.4, -0.2) is 25.2 Å². The lowest BCUT2D eigenvalue weighted by Gasteiger charge is -2.32. The highest BCUT2D eigenvalue weighted by atomic mass is 19.4. The van der Waals surface area contributed by atoms with Gasteiger partial charge in [0.25, 0.3) is 0 Å². The number of hydrogen-bond donors (Lipinski definition) is 1. The van der Waals surface area contributed by atoms with Gasteiger partial charge in [0.2, 0.25) is 0 Å². The summed E-state index contributed by atoms with van der Waals surface area (Å²) in [7, 11) is 0. The lowest BCUT2D eigenvalue weighted by atomic mass is 9.88. The number of piperidine rings is 1. The smallest absolute Gasteiger partial charge is 0.416 e. The summed E-state index contributed by atoms with van der Waals surface area (Å²) < 4.78 is 44.0. The standard InChI is InChI=1S/C25H22F3NO2/c26-25(27,28)21-12-10-18(11-13-21)17-6-8-20(9-7-17)24(30)31-23-16-29-15-14-22(23)19-4-2-1-3-5-19/h1-13,22-23,29H,14-16H2/t22-,23+/m0/s1. The number of benzene rings is 3. The van der Waals surface area contributed by atoms with Crippen molar-refractivity contribution in [2.45, 2.75) is 24.6 Å². The maximum Gasteiger partial charge on any atom is 0.416 e. The molecule has 0 amide bonds. The Morgan fingerprint density at radius 1 is 0.871 bits per heavy atom. The van der Waals surface area contributed by atoms with Gasteiger partial charge >= 0.3 is 12.1 Å². The predicted molar refractivity (Wildman–Crippen MR) is 113 cm³/mol. The third-order valence-electron chi connectivity index (χ3n) is 5.58. The van der Waals surface area contributed by atoms with E-state index in [0.717, 1.165) is 36.2 Å². The van der Waals surface area contributed by atoms with E-state index in [0.29, 0.717) is 17.7 Å². The molecule has 1 aliphatic heterocycles. The number of esters is 1. The molecule has 1 heterocycles. The molecule has 0 spiro atoms. The Morgan fingerprint density at radius 3 is 2.10 bits per heavy atom. The molecule has 1 fully saturated rings. The Kier molecular flexibility index (Phi) is 6.09. The summed E-state index contributed by atoms with van der Waals surface area (Å²) in [4.78, 5) is 12.7. The Bertz CT molecular complexity index is 1020. The van der Waals surface area contributed by atoms with Crippen LogP contribution in [0.1, 0.15) is 33.8 Å². The van der Waals surface area contributed by atoms with Crippen LogP contribution in [0.3, 0.4) is 0 Å². The molecule has 1 N–H and O–H groups in total. The Labute approximate surface area is 178 Å². The molecule has 31 heavy (non-hydrogen) atoms. The van der Waals surface area contributed by atoms with E-state index in [9.17, 15) is 18.0 Å². The maximum atomic E-state index is 12.7. The number of carbonyl (C=O) groups excluding carboxylic acids is 1. The zero-order valence-electron chi connectivity index (χ0n) is 16.7. The minimum absolute atomic E-state index is 0.137. The first-order valence-electron chi connectivity index (χ1n) is 10.2. The van der Waals surface area contributed by atoms with Crippen molar-refractivity contribution < 1.29 is 22.7 Å². The molecule has 0 aliphatic carbocycles. The van der Waals surface area contributed by atoms with Crippen LogP contribution in [0.25, 0.3) is 11.1 Å². The summed E-state index contributed by atoms with van der Waals surface area (Å²) in [5.74, 6) is -0.272. The largest absolute Gasteiger partial charge is 0.457 e. The fourth-order valence-electron chi connectivity index (χ4n) is 3.89. The molecule has 1 saturated heterocycles. The molecule has 160 valence electrons.